The van der Waals surface area contributed by atoms with Crippen LogP contribution in [-0.2, 0) is 16.1 Å². The normalized spacial score (nSPS) is 15.4. The van der Waals surface area contributed by atoms with E-state index in [0.29, 0.717) is 6.04 Å². The van der Waals surface area contributed by atoms with E-state index in [2.05, 4.69) is 41.1 Å². The van der Waals surface area contributed by atoms with Crippen LogP contribution < -0.4 is 10.1 Å². The number of hydrogen-bond donors (Lipinski definition) is 1. The van der Waals surface area contributed by atoms with Crippen molar-refractivity contribution in [2.75, 3.05) is 27.3 Å². The molecule has 24 heavy (non-hydrogen) atoms. The number of carbonyl (C=O) groups is 1. The maximum atomic E-state index is 11.2. The Bertz CT molecular complexity index is 547. The van der Waals surface area contributed by atoms with Gasteiger partial charge in [0.15, 0.2) is 6.61 Å². The smallest absolute Gasteiger partial charge is 0.343 e. The third-order valence-electron chi connectivity index (χ3n) is 4.67. The number of nitrogens with zero attached hydrogens (tertiary/aromatic N) is 1. The van der Waals surface area contributed by atoms with Gasteiger partial charge in [0.25, 0.3) is 0 Å². The number of hydrogen-bond acceptors (Lipinski definition) is 5. The first kappa shape index (κ1) is 18.7. The van der Waals surface area contributed by atoms with Gasteiger partial charge in [0.1, 0.15) is 5.75 Å². The highest BCUT2D eigenvalue weighted by Gasteiger charge is 2.28. The van der Waals surface area contributed by atoms with Gasteiger partial charge in [-0.25, -0.2) is 4.79 Å². The summed E-state index contributed by atoms with van der Waals surface area (Å²) in [6.45, 7) is 8.04. The molecule has 0 bridgehead atoms. The summed E-state index contributed by atoms with van der Waals surface area (Å²) in [5.41, 5.74) is 3.31. The highest BCUT2D eigenvalue weighted by Crippen LogP contribution is 2.27. The van der Waals surface area contributed by atoms with Gasteiger partial charge >= 0.3 is 5.97 Å². The third kappa shape index (κ3) is 5.21. The minimum Gasteiger partial charge on any atom is -0.481 e. The first-order valence-electron chi connectivity index (χ1n) is 8.64. The number of rotatable bonds is 9. The molecule has 0 spiro atoms. The van der Waals surface area contributed by atoms with Gasteiger partial charge in [-0.15, -0.1) is 0 Å². The van der Waals surface area contributed by atoms with E-state index in [1.807, 2.05) is 13.8 Å². The van der Waals surface area contributed by atoms with E-state index in [1.165, 1.54) is 25.5 Å². The molecule has 134 valence electrons. The monoisotopic (exact) mass is 334 g/mol. The summed E-state index contributed by atoms with van der Waals surface area (Å²) >= 11 is 0. The molecular formula is C19H30N2O3. The highest BCUT2D eigenvalue weighted by atomic mass is 16.6. The second kappa shape index (κ2) is 8.49. The zero-order valence-electron chi connectivity index (χ0n) is 15.5. The number of ether oxygens (including phenoxy) is 2. The summed E-state index contributed by atoms with van der Waals surface area (Å²) in [5.74, 6) is 0.402. The molecule has 0 saturated heterocycles. The van der Waals surface area contributed by atoms with Gasteiger partial charge in [0.05, 0.1) is 7.11 Å². The average molecular weight is 334 g/mol. The molecule has 1 fully saturated rings. The van der Waals surface area contributed by atoms with E-state index in [9.17, 15) is 4.79 Å². The lowest BCUT2D eigenvalue weighted by Crippen LogP contribution is -2.38. The van der Waals surface area contributed by atoms with Gasteiger partial charge in [0.2, 0.25) is 0 Å². The van der Waals surface area contributed by atoms with E-state index in [1.54, 1.807) is 0 Å². The van der Waals surface area contributed by atoms with Crippen LogP contribution in [0.15, 0.2) is 12.1 Å². The zero-order chi connectivity index (χ0) is 17.7. The van der Waals surface area contributed by atoms with Crippen LogP contribution in [0.4, 0.5) is 0 Å². The van der Waals surface area contributed by atoms with Crippen LogP contribution in [0.2, 0.25) is 0 Å². The van der Waals surface area contributed by atoms with Crippen molar-refractivity contribution in [3.63, 3.8) is 0 Å². The van der Waals surface area contributed by atoms with E-state index < -0.39 is 0 Å². The van der Waals surface area contributed by atoms with Crippen molar-refractivity contribution >= 4 is 5.97 Å². The Balaban J connectivity index is 1.86. The molecule has 0 heterocycles. The lowest BCUT2D eigenvalue weighted by Gasteiger charge is -2.24. The van der Waals surface area contributed by atoms with E-state index >= 15 is 0 Å². The van der Waals surface area contributed by atoms with Gasteiger partial charge in [-0.3, -0.25) is 4.90 Å². The van der Waals surface area contributed by atoms with Crippen LogP contribution in [0.1, 0.15) is 36.5 Å². The molecular weight excluding hydrogens is 304 g/mol. The lowest BCUT2D eigenvalue weighted by molar-refractivity contribution is -0.142. The summed E-state index contributed by atoms with van der Waals surface area (Å²) in [6.07, 6.45) is 2.68. The Labute approximate surface area is 145 Å². The predicted molar refractivity (Wildman–Crippen MR) is 95.4 cm³/mol. The fraction of sp³-hybridized carbons (Fsp3) is 0.632. The molecule has 1 aromatic carbocycles. The number of esters is 1. The summed E-state index contributed by atoms with van der Waals surface area (Å²) in [6, 6.07) is 5.56. The molecule has 0 radical (unpaired) electrons. The maximum absolute atomic E-state index is 11.2. The minimum atomic E-state index is -0.367. The quantitative estimate of drug-likeness (QED) is 0.703. The highest BCUT2D eigenvalue weighted by molar-refractivity contribution is 5.71. The fourth-order valence-corrected chi connectivity index (χ4v) is 2.97. The Morgan fingerprint density at radius 1 is 1.33 bits per heavy atom. The van der Waals surface area contributed by atoms with Crippen molar-refractivity contribution in [1.82, 2.24) is 10.2 Å². The number of aryl methyl sites for hydroxylation is 2. The SMILES string of the molecule is COC(=O)COc1c(C)cc(CNCC(C)N(C)C2CC2)cc1C. The Hall–Kier alpha value is -1.59. The Morgan fingerprint density at radius 2 is 1.96 bits per heavy atom. The molecule has 5 heteroatoms. The molecule has 5 nitrogen and oxygen atoms in total. The molecule has 1 unspecified atom stereocenters. The molecule has 0 aromatic heterocycles. The fourth-order valence-electron chi connectivity index (χ4n) is 2.97. The number of carbonyl (C=O) groups excluding carboxylic acids is 1. The van der Waals surface area contributed by atoms with Crippen molar-refractivity contribution in [3.8, 4) is 5.75 Å². The molecule has 1 aliphatic carbocycles. The van der Waals surface area contributed by atoms with Crippen LogP contribution in [0.25, 0.3) is 0 Å². The average Bonchev–Trinajstić information content (AvgIpc) is 3.37. The van der Waals surface area contributed by atoms with Crippen molar-refractivity contribution in [1.29, 1.82) is 0 Å². The van der Waals surface area contributed by atoms with E-state index in [-0.39, 0.29) is 12.6 Å². The topological polar surface area (TPSA) is 50.8 Å². The predicted octanol–water partition coefficient (Wildman–Crippen LogP) is 2.43. The molecule has 2 rings (SSSR count). The van der Waals surface area contributed by atoms with Gasteiger partial charge in [-0.1, -0.05) is 12.1 Å². The summed E-state index contributed by atoms with van der Waals surface area (Å²) in [4.78, 5) is 13.7. The number of methoxy groups -OCH3 is 1. The van der Waals surface area contributed by atoms with E-state index in [0.717, 1.165) is 36.0 Å². The number of likely N-dealkylation sites (N-methyl/N-ethyl adjacent to an activating group) is 1. The van der Waals surface area contributed by atoms with Gasteiger partial charge < -0.3 is 14.8 Å². The van der Waals surface area contributed by atoms with Crippen LogP contribution in [0.5, 0.6) is 5.75 Å². The third-order valence-corrected chi connectivity index (χ3v) is 4.67. The molecule has 1 aliphatic rings. The summed E-state index contributed by atoms with van der Waals surface area (Å²) < 4.78 is 10.2. The zero-order valence-corrected chi connectivity index (χ0v) is 15.5. The van der Waals surface area contributed by atoms with Gasteiger partial charge in [0, 0.05) is 25.2 Å². The first-order valence-corrected chi connectivity index (χ1v) is 8.64. The molecule has 1 N–H and O–H groups in total. The summed E-state index contributed by atoms with van der Waals surface area (Å²) in [5, 5.41) is 3.54. The van der Waals surface area contributed by atoms with Crippen molar-refractivity contribution < 1.29 is 14.3 Å². The maximum Gasteiger partial charge on any atom is 0.343 e. The summed E-state index contributed by atoms with van der Waals surface area (Å²) in [7, 11) is 3.58. The largest absolute Gasteiger partial charge is 0.481 e. The molecule has 1 aromatic rings. The van der Waals surface area contributed by atoms with Crippen LogP contribution in [-0.4, -0.2) is 50.3 Å². The first-order chi connectivity index (χ1) is 11.4. The van der Waals surface area contributed by atoms with Crippen LogP contribution in [0.3, 0.4) is 0 Å². The Morgan fingerprint density at radius 3 is 2.50 bits per heavy atom. The minimum absolute atomic E-state index is 0.0548. The molecule has 1 saturated carbocycles. The van der Waals surface area contributed by atoms with Crippen LogP contribution in [0, 0.1) is 13.8 Å². The number of nitrogens with one attached hydrogen (secondary N) is 1. The van der Waals surface area contributed by atoms with Crippen molar-refractivity contribution in [2.24, 2.45) is 0 Å². The van der Waals surface area contributed by atoms with Crippen molar-refractivity contribution in [2.45, 2.75) is 52.2 Å². The van der Waals surface area contributed by atoms with Crippen LogP contribution >= 0.6 is 0 Å². The Kier molecular flexibility index (Phi) is 6.63. The van der Waals surface area contributed by atoms with E-state index in [4.69, 9.17) is 4.74 Å². The van der Waals surface area contributed by atoms with Crippen molar-refractivity contribution in [3.05, 3.63) is 28.8 Å². The standard InChI is InChI=1S/C19H30N2O3/c1-13-8-16(9-14(2)19(13)24-12-18(22)23-5)11-20-10-15(3)21(4)17-6-7-17/h8-9,15,17,20H,6-7,10-12H2,1-5H3. The molecule has 0 amide bonds. The molecule has 0 aliphatic heterocycles. The van der Waals surface area contributed by atoms with Gasteiger partial charge in [-0.2, -0.15) is 0 Å². The second-order valence-corrected chi connectivity index (χ2v) is 6.80. The molecule has 1 atom stereocenters. The van der Waals surface area contributed by atoms with Gasteiger partial charge in [-0.05, 0) is 57.4 Å². The number of benzene rings is 1. The lowest BCUT2D eigenvalue weighted by atomic mass is 10.1. The second-order valence-electron chi connectivity index (χ2n) is 6.80.